The third-order valence-electron chi connectivity index (χ3n) is 5.07. The van der Waals surface area contributed by atoms with Crippen LogP contribution in [-0.2, 0) is 16.0 Å². The molecular weight excluding hydrogens is 386 g/mol. The van der Waals surface area contributed by atoms with Gasteiger partial charge < -0.3 is 5.73 Å². The van der Waals surface area contributed by atoms with Gasteiger partial charge in [-0.1, -0.05) is 38.5 Å². The minimum absolute atomic E-state index is 0.0112. The third-order valence-corrected chi connectivity index (χ3v) is 5.07. The number of Topliss-reactive ketones (excluding diaryl/α,β-unsaturated/α-hetero) is 1. The second-order valence-corrected chi connectivity index (χ2v) is 8.35. The molecule has 0 saturated heterocycles. The Morgan fingerprint density at radius 3 is 2.48 bits per heavy atom. The normalized spacial score (nSPS) is 12.5. The van der Waals surface area contributed by atoms with Crippen LogP contribution in [0.15, 0.2) is 36.7 Å². The zero-order chi connectivity index (χ0) is 23.6. The predicted molar refractivity (Wildman–Crippen MR) is 128 cm³/mol. The molecule has 1 rings (SSSR count). The lowest BCUT2D eigenvalue weighted by Crippen LogP contribution is -2.13. The molecular formula is C26H35N3O2. The monoisotopic (exact) mass is 421 g/mol. The first-order valence-corrected chi connectivity index (χ1v) is 10.7. The standard InChI is InChI=1S/C26H35N3O2/c1-8-10-19(6)24(20(7)30)25-23(28-16-29-26(25)27)12-11-21(13-17(3)4)14-18(5)15-22(31)9-2/h9,16-17,21H,2,5,11-15H2,1,3-4,6-7H3,(H2,27,28,29)/b24-19+/t21-/m1/s1. The van der Waals surface area contributed by atoms with E-state index < -0.39 is 0 Å². The Morgan fingerprint density at radius 2 is 1.94 bits per heavy atom. The predicted octanol–water partition coefficient (Wildman–Crippen LogP) is 5.13. The SMILES string of the molecule is C=CC(=O)CC(=C)C[C@H](CCc1ncnc(N)c1/C(C(C)=O)=C(\C)C#CC)CC(C)C. The fraction of sp³-hybridized carbons (Fsp3) is 0.462. The summed E-state index contributed by atoms with van der Waals surface area (Å²) >= 11 is 0. The average Bonchev–Trinajstić information content (AvgIpc) is 2.67. The number of aromatic nitrogens is 2. The molecule has 1 aromatic rings. The van der Waals surface area contributed by atoms with Crippen LogP contribution in [-0.4, -0.2) is 21.5 Å². The van der Waals surface area contributed by atoms with Gasteiger partial charge in [-0.3, -0.25) is 9.59 Å². The second-order valence-electron chi connectivity index (χ2n) is 8.35. The number of anilines is 1. The highest BCUT2D eigenvalue weighted by Crippen LogP contribution is 2.30. The van der Waals surface area contributed by atoms with E-state index in [1.54, 1.807) is 6.92 Å². The topological polar surface area (TPSA) is 85.9 Å². The smallest absolute Gasteiger partial charge is 0.161 e. The highest BCUT2D eigenvalue weighted by atomic mass is 16.1. The molecule has 0 aliphatic heterocycles. The van der Waals surface area contributed by atoms with Gasteiger partial charge in [0.2, 0.25) is 0 Å². The van der Waals surface area contributed by atoms with Crippen molar-refractivity contribution in [2.24, 2.45) is 11.8 Å². The fourth-order valence-electron chi connectivity index (χ4n) is 3.89. The molecule has 2 N–H and O–H groups in total. The number of allylic oxidation sites excluding steroid dienone is 4. The van der Waals surface area contributed by atoms with Crippen molar-refractivity contribution in [3.63, 3.8) is 0 Å². The van der Waals surface area contributed by atoms with Gasteiger partial charge in [0.15, 0.2) is 11.6 Å². The quantitative estimate of drug-likeness (QED) is 0.287. The summed E-state index contributed by atoms with van der Waals surface area (Å²) in [6.45, 7) is 17.0. The second kappa shape index (κ2) is 12.6. The van der Waals surface area contributed by atoms with Crippen LogP contribution in [0, 0.1) is 23.7 Å². The number of nitrogen functional groups attached to an aromatic ring is 1. The van der Waals surface area contributed by atoms with Crippen molar-refractivity contribution in [2.45, 2.75) is 66.7 Å². The molecule has 5 nitrogen and oxygen atoms in total. The third kappa shape index (κ3) is 8.33. The molecule has 5 heteroatoms. The number of nitrogens with zero attached hydrogens (tertiary/aromatic N) is 2. The molecule has 0 spiro atoms. The number of carbonyl (C=O) groups excluding carboxylic acids is 2. The van der Waals surface area contributed by atoms with Crippen LogP contribution >= 0.6 is 0 Å². The van der Waals surface area contributed by atoms with Crippen LogP contribution in [0.5, 0.6) is 0 Å². The van der Waals surface area contributed by atoms with Gasteiger partial charge in [0.05, 0.1) is 5.69 Å². The van der Waals surface area contributed by atoms with Crippen molar-refractivity contribution < 1.29 is 9.59 Å². The highest BCUT2D eigenvalue weighted by Gasteiger charge is 2.21. The highest BCUT2D eigenvalue weighted by molar-refractivity contribution is 6.22. The molecule has 0 fully saturated rings. The number of hydrogen-bond acceptors (Lipinski definition) is 5. The maximum atomic E-state index is 12.4. The van der Waals surface area contributed by atoms with Crippen molar-refractivity contribution in [1.29, 1.82) is 0 Å². The van der Waals surface area contributed by atoms with Crippen LogP contribution in [0.1, 0.15) is 71.6 Å². The number of nitrogens with two attached hydrogens (primary N) is 1. The summed E-state index contributed by atoms with van der Waals surface area (Å²) in [5, 5.41) is 0. The molecule has 31 heavy (non-hydrogen) atoms. The number of aryl methyl sites for hydroxylation is 1. The van der Waals surface area contributed by atoms with Crippen LogP contribution < -0.4 is 5.73 Å². The van der Waals surface area contributed by atoms with Crippen LogP contribution in [0.25, 0.3) is 5.57 Å². The van der Waals surface area contributed by atoms with Crippen molar-refractivity contribution >= 4 is 23.0 Å². The molecule has 0 aromatic carbocycles. The lowest BCUT2D eigenvalue weighted by Gasteiger charge is -2.21. The van der Waals surface area contributed by atoms with Crippen LogP contribution in [0.2, 0.25) is 0 Å². The Kier molecular flexibility index (Phi) is 10.6. The minimum atomic E-state index is -0.113. The Bertz CT molecular complexity index is 930. The van der Waals surface area contributed by atoms with Crippen molar-refractivity contribution in [1.82, 2.24) is 9.97 Å². The lowest BCUT2D eigenvalue weighted by molar-refractivity contribution is -0.114. The van der Waals surface area contributed by atoms with E-state index in [-0.39, 0.29) is 17.4 Å². The van der Waals surface area contributed by atoms with E-state index in [1.807, 2.05) is 6.92 Å². The van der Waals surface area contributed by atoms with E-state index >= 15 is 0 Å². The van der Waals surface area contributed by atoms with Gasteiger partial charge in [-0.05, 0) is 64.4 Å². The minimum Gasteiger partial charge on any atom is -0.383 e. The van der Waals surface area contributed by atoms with E-state index in [9.17, 15) is 9.59 Å². The summed E-state index contributed by atoms with van der Waals surface area (Å²) in [4.78, 5) is 32.7. The lowest BCUT2D eigenvalue weighted by atomic mass is 9.85. The van der Waals surface area contributed by atoms with E-state index in [4.69, 9.17) is 5.73 Å². The molecule has 166 valence electrons. The van der Waals surface area contributed by atoms with E-state index in [1.165, 1.54) is 19.3 Å². The largest absolute Gasteiger partial charge is 0.383 e. The van der Waals surface area contributed by atoms with Gasteiger partial charge in [-0.15, -0.1) is 5.92 Å². The summed E-state index contributed by atoms with van der Waals surface area (Å²) < 4.78 is 0. The summed E-state index contributed by atoms with van der Waals surface area (Å²) in [5.41, 5.74) is 9.56. The Balaban J connectivity index is 3.21. The molecule has 0 aliphatic carbocycles. The number of carbonyl (C=O) groups is 2. The van der Waals surface area contributed by atoms with Gasteiger partial charge in [0, 0.05) is 23.1 Å². The summed E-state index contributed by atoms with van der Waals surface area (Å²) in [6.07, 6.45) is 6.37. The molecule has 1 heterocycles. The van der Waals surface area contributed by atoms with Gasteiger partial charge in [0.25, 0.3) is 0 Å². The Labute approximate surface area is 186 Å². The van der Waals surface area contributed by atoms with Crippen molar-refractivity contribution in [3.05, 3.63) is 48.0 Å². The zero-order valence-electron chi connectivity index (χ0n) is 19.5. The molecule has 0 bridgehead atoms. The number of ketones is 2. The summed E-state index contributed by atoms with van der Waals surface area (Å²) in [6, 6.07) is 0. The average molecular weight is 422 g/mol. The molecule has 0 unspecified atom stereocenters. The summed E-state index contributed by atoms with van der Waals surface area (Å²) in [5.74, 6) is 6.82. The van der Waals surface area contributed by atoms with Crippen LogP contribution in [0.4, 0.5) is 5.82 Å². The van der Waals surface area contributed by atoms with Crippen molar-refractivity contribution in [2.75, 3.05) is 5.73 Å². The van der Waals surface area contributed by atoms with E-state index in [0.717, 1.165) is 30.5 Å². The van der Waals surface area contributed by atoms with E-state index in [2.05, 4.69) is 48.8 Å². The van der Waals surface area contributed by atoms with E-state index in [0.29, 0.717) is 41.4 Å². The molecule has 1 atom stereocenters. The maximum absolute atomic E-state index is 12.4. The van der Waals surface area contributed by atoms with Gasteiger partial charge in [-0.25, -0.2) is 9.97 Å². The van der Waals surface area contributed by atoms with Crippen LogP contribution in [0.3, 0.4) is 0 Å². The molecule has 0 saturated carbocycles. The van der Waals surface area contributed by atoms with Gasteiger partial charge in [-0.2, -0.15) is 0 Å². The maximum Gasteiger partial charge on any atom is 0.161 e. The Morgan fingerprint density at radius 1 is 1.26 bits per heavy atom. The first-order chi connectivity index (χ1) is 14.6. The molecule has 0 amide bonds. The van der Waals surface area contributed by atoms with Gasteiger partial charge >= 0.3 is 0 Å². The molecule has 0 aliphatic rings. The molecule has 0 radical (unpaired) electrons. The summed E-state index contributed by atoms with van der Waals surface area (Å²) in [7, 11) is 0. The molecule has 1 aromatic heterocycles. The first-order valence-electron chi connectivity index (χ1n) is 10.7. The zero-order valence-corrected chi connectivity index (χ0v) is 19.5. The van der Waals surface area contributed by atoms with Gasteiger partial charge in [0.1, 0.15) is 12.1 Å². The number of hydrogen-bond donors (Lipinski definition) is 1. The Hall–Kier alpha value is -3.00. The van der Waals surface area contributed by atoms with Crippen molar-refractivity contribution in [3.8, 4) is 11.8 Å². The number of rotatable bonds is 12. The first kappa shape index (κ1) is 26.0. The fourth-order valence-corrected chi connectivity index (χ4v) is 3.89.